The third-order valence-corrected chi connectivity index (χ3v) is 0.911. The maximum Gasteiger partial charge on any atom is 0.180 e. The minimum Gasteiger partial charge on any atom is -0.227 e. The summed E-state index contributed by atoms with van der Waals surface area (Å²) in [4.78, 5) is 0. The normalized spacial score (nSPS) is 19.0. The van der Waals surface area contributed by atoms with Crippen LogP contribution in [0.1, 0.15) is 20.3 Å². The second-order valence-electron chi connectivity index (χ2n) is 1.77. The van der Waals surface area contributed by atoms with Gasteiger partial charge in [-0.2, -0.15) is 0 Å². The first-order valence-corrected chi connectivity index (χ1v) is 3.41. The fourth-order valence-corrected chi connectivity index (χ4v) is 0.512. The minimum atomic E-state index is -1.32. The number of allylic oxidation sites excluding steroid dienone is 2. The summed E-state index contributed by atoms with van der Waals surface area (Å²) in [7, 11) is 0. The molecular formula is C6H10BrF. The van der Waals surface area contributed by atoms with Gasteiger partial charge in [-0.15, -0.1) is 0 Å². The van der Waals surface area contributed by atoms with Crippen molar-refractivity contribution >= 4 is 15.9 Å². The molecule has 0 aromatic carbocycles. The topological polar surface area (TPSA) is 0 Å². The molecule has 0 amide bonds. The van der Waals surface area contributed by atoms with Crippen LogP contribution in [-0.2, 0) is 0 Å². The third-order valence-electron chi connectivity index (χ3n) is 0.646. The Morgan fingerprint density at radius 1 is 1.75 bits per heavy atom. The van der Waals surface area contributed by atoms with E-state index >= 15 is 0 Å². The van der Waals surface area contributed by atoms with E-state index in [9.17, 15) is 4.39 Å². The van der Waals surface area contributed by atoms with Gasteiger partial charge in [0.1, 0.15) is 0 Å². The van der Waals surface area contributed by atoms with Gasteiger partial charge in [0, 0.05) is 0 Å². The van der Waals surface area contributed by atoms with Crippen molar-refractivity contribution in [3.05, 3.63) is 12.2 Å². The zero-order chi connectivity index (χ0) is 6.62. The molecule has 0 aromatic heterocycles. The van der Waals surface area contributed by atoms with Crippen LogP contribution in [-0.4, -0.2) is 4.58 Å². The van der Waals surface area contributed by atoms with Crippen LogP contribution >= 0.6 is 15.9 Å². The van der Waals surface area contributed by atoms with Gasteiger partial charge in [-0.05, 0) is 35.4 Å². The molecule has 0 heterocycles. The van der Waals surface area contributed by atoms with Crippen molar-refractivity contribution in [2.75, 3.05) is 0 Å². The van der Waals surface area contributed by atoms with Gasteiger partial charge in [0.05, 0.1) is 0 Å². The van der Waals surface area contributed by atoms with Crippen molar-refractivity contribution in [3.8, 4) is 0 Å². The first kappa shape index (κ1) is 8.15. The molecule has 0 fully saturated rings. The van der Waals surface area contributed by atoms with E-state index in [1.54, 1.807) is 6.08 Å². The summed E-state index contributed by atoms with van der Waals surface area (Å²) < 4.78 is 11.1. The standard InChI is InChI=1S/C6H10BrF/c1-3-4-5-6(2,7)8/h4-5H,3H2,1-2H3/b5-4-. The van der Waals surface area contributed by atoms with Crippen LogP contribution in [0.25, 0.3) is 0 Å². The lowest BCUT2D eigenvalue weighted by Crippen LogP contribution is -1.99. The molecule has 0 radical (unpaired) electrons. The SMILES string of the molecule is CC/C=C\C(C)(F)Br. The number of hydrogen-bond acceptors (Lipinski definition) is 0. The molecule has 0 aliphatic carbocycles. The van der Waals surface area contributed by atoms with Crippen LogP contribution in [0, 0.1) is 0 Å². The van der Waals surface area contributed by atoms with Gasteiger partial charge in [0.15, 0.2) is 4.58 Å². The van der Waals surface area contributed by atoms with Crippen LogP contribution in [0.3, 0.4) is 0 Å². The lowest BCUT2D eigenvalue weighted by Gasteiger charge is -2.02. The Labute approximate surface area is 57.9 Å². The van der Waals surface area contributed by atoms with E-state index in [1.807, 2.05) is 6.92 Å². The zero-order valence-corrected chi connectivity index (χ0v) is 6.70. The minimum absolute atomic E-state index is 0.880. The van der Waals surface area contributed by atoms with Crippen LogP contribution in [0.2, 0.25) is 0 Å². The largest absolute Gasteiger partial charge is 0.227 e. The average Bonchev–Trinajstić information content (AvgIpc) is 1.59. The number of alkyl halides is 2. The maximum atomic E-state index is 12.4. The monoisotopic (exact) mass is 180 g/mol. The molecule has 0 rings (SSSR count). The Balaban J connectivity index is 3.52. The predicted molar refractivity (Wildman–Crippen MR) is 37.9 cm³/mol. The van der Waals surface area contributed by atoms with E-state index in [0.717, 1.165) is 6.42 Å². The predicted octanol–water partition coefficient (Wildman–Crippen LogP) is 3.03. The molecule has 0 aliphatic rings. The molecule has 0 saturated heterocycles. The molecule has 0 aromatic rings. The molecule has 0 nitrogen and oxygen atoms in total. The molecule has 1 atom stereocenters. The van der Waals surface area contributed by atoms with Crippen LogP contribution < -0.4 is 0 Å². The van der Waals surface area contributed by atoms with E-state index in [0.29, 0.717) is 0 Å². The Hall–Kier alpha value is 0.150. The van der Waals surface area contributed by atoms with Gasteiger partial charge >= 0.3 is 0 Å². The summed E-state index contributed by atoms with van der Waals surface area (Å²) in [6.07, 6.45) is 4.16. The van der Waals surface area contributed by atoms with Crippen molar-refractivity contribution in [2.45, 2.75) is 24.8 Å². The van der Waals surface area contributed by atoms with Gasteiger partial charge in [0.2, 0.25) is 0 Å². The van der Waals surface area contributed by atoms with E-state index in [1.165, 1.54) is 13.0 Å². The third kappa shape index (κ3) is 6.15. The summed E-state index contributed by atoms with van der Waals surface area (Å²) in [5.74, 6) is 0. The second kappa shape index (κ2) is 3.23. The second-order valence-corrected chi connectivity index (χ2v) is 3.32. The highest BCUT2D eigenvalue weighted by atomic mass is 79.9. The van der Waals surface area contributed by atoms with Gasteiger partial charge in [-0.3, -0.25) is 0 Å². The first-order valence-electron chi connectivity index (χ1n) is 2.62. The first-order chi connectivity index (χ1) is 3.56. The molecule has 0 aliphatic heterocycles. The maximum absolute atomic E-state index is 12.4. The molecule has 1 unspecified atom stereocenters. The fourth-order valence-electron chi connectivity index (χ4n) is 0.325. The van der Waals surface area contributed by atoms with Crippen molar-refractivity contribution < 1.29 is 4.39 Å². The average molecular weight is 181 g/mol. The number of rotatable bonds is 2. The van der Waals surface area contributed by atoms with Gasteiger partial charge in [-0.25, -0.2) is 4.39 Å². The molecule has 0 bridgehead atoms. The summed E-state index contributed by atoms with van der Waals surface area (Å²) in [6.45, 7) is 3.42. The molecule has 0 spiro atoms. The zero-order valence-electron chi connectivity index (χ0n) is 5.12. The smallest absolute Gasteiger partial charge is 0.180 e. The molecule has 8 heavy (non-hydrogen) atoms. The molecular weight excluding hydrogens is 171 g/mol. The number of halogens is 2. The fraction of sp³-hybridized carbons (Fsp3) is 0.667. The van der Waals surface area contributed by atoms with Crippen molar-refractivity contribution in [1.29, 1.82) is 0 Å². The molecule has 2 heteroatoms. The molecule has 0 N–H and O–H groups in total. The van der Waals surface area contributed by atoms with Gasteiger partial charge in [-0.1, -0.05) is 13.0 Å². The van der Waals surface area contributed by atoms with E-state index in [4.69, 9.17) is 0 Å². The Bertz CT molecular complexity index is 81.0. The van der Waals surface area contributed by atoms with E-state index < -0.39 is 4.58 Å². The van der Waals surface area contributed by atoms with Crippen LogP contribution in [0.5, 0.6) is 0 Å². The van der Waals surface area contributed by atoms with Crippen LogP contribution in [0.15, 0.2) is 12.2 Å². The number of hydrogen-bond donors (Lipinski definition) is 0. The highest BCUT2D eigenvalue weighted by Gasteiger charge is 2.10. The summed E-state index contributed by atoms with van der Waals surface area (Å²) in [6, 6.07) is 0. The highest BCUT2D eigenvalue weighted by Crippen LogP contribution is 2.19. The van der Waals surface area contributed by atoms with Crippen molar-refractivity contribution in [1.82, 2.24) is 0 Å². The highest BCUT2D eigenvalue weighted by molar-refractivity contribution is 9.10. The van der Waals surface area contributed by atoms with Crippen LogP contribution in [0.4, 0.5) is 4.39 Å². The summed E-state index contributed by atoms with van der Waals surface area (Å²) in [5.41, 5.74) is 0. The molecule has 48 valence electrons. The quantitative estimate of drug-likeness (QED) is 0.453. The van der Waals surface area contributed by atoms with Crippen molar-refractivity contribution in [2.24, 2.45) is 0 Å². The Morgan fingerprint density at radius 3 is 2.38 bits per heavy atom. The van der Waals surface area contributed by atoms with Gasteiger partial charge < -0.3 is 0 Å². The lowest BCUT2D eigenvalue weighted by molar-refractivity contribution is 0.396. The van der Waals surface area contributed by atoms with Crippen molar-refractivity contribution in [3.63, 3.8) is 0 Å². The van der Waals surface area contributed by atoms with E-state index in [2.05, 4.69) is 15.9 Å². The van der Waals surface area contributed by atoms with E-state index in [-0.39, 0.29) is 0 Å². The lowest BCUT2D eigenvalue weighted by atomic mass is 10.3. The Morgan fingerprint density at radius 2 is 2.25 bits per heavy atom. The van der Waals surface area contributed by atoms with Gasteiger partial charge in [0.25, 0.3) is 0 Å². The Kier molecular flexibility index (Phi) is 3.29. The molecule has 0 saturated carbocycles. The summed E-state index contributed by atoms with van der Waals surface area (Å²) >= 11 is 2.83. The summed E-state index contributed by atoms with van der Waals surface area (Å²) in [5, 5.41) is 0.